The van der Waals surface area contributed by atoms with Crippen LogP contribution in [0.5, 0.6) is 0 Å². The van der Waals surface area contributed by atoms with Gasteiger partial charge in [0.1, 0.15) is 11.4 Å². The predicted octanol–water partition coefficient (Wildman–Crippen LogP) is 3.83. The number of carbonyl (C=O) groups excluding carboxylic acids is 1. The molecule has 8 nitrogen and oxygen atoms in total. The van der Waals surface area contributed by atoms with E-state index < -0.39 is 44.4 Å². The van der Waals surface area contributed by atoms with Crippen LogP contribution in [0, 0.1) is 11.3 Å². The third kappa shape index (κ3) is 7.08. The zero-order valence-corrected chi connectivity index (χ0v) is 20.8. The maximum absolute atomic E-state index is 12.6. The molecule has 2 saturated heterocycles. The zero-order chi connectivity index (χ0) is 25.9. The van der Waals surface area contributed by atoms with Gasteiger partial charge in [0.05, 0.1) is 36.9 Å². The highest BCUT2D eigenvalue weighted by atomic mass is 32.2. The lowest BCUT2D eigenvalue weighted by Crippen LogP contribution is -2.51. The smallest absolute Gasteiger partial charge is 0.465 e. The third-order valence-electron chi connectivity index (χ3n) is 6.12. The van der Waals surface area contributed by atoms with Crippen molar-refractivity contribution in [1.82, 2.24) is 0 Å². The molecule has 0 aromatic heterocycles. The molecule has 0 aliphatic carbocycles. The van der Waals surface area contributed by atoms with Crippen LogP contribution in [0.3, 0.4) is 0 Å². The second-order valence-corrected chi connectivity index (χ2v) is 11.6. The van der Waals surface area contributed by atoms with E-state index in [0.717, 1.165) is 0 Å². The van der Waals surface area contributed by atoms with Crippen LogP contribution < -0.4 is 0 Å². The molecule has 2 rings (SSSR count). The number of aliphatic hydroxyl groups is 1. The summed E-state index contributed by atoms with van der Waals surface area (Å²) in [6, 6.07) is 0. The molecule has 34 heavy (non-hydrogen) atoms. The molecule has 12 heteroatoms. The van der Waals surface area contributed by atoms with E-state index in [-0.39, 0.29) is 37.8 Å². The Morgan fingerprint density at radius 2 is 1.88 bits per heavy atom. The number of carbonyl (C=O) groups is 1. The molecule has 0 radical (unpaired) electrons. The van der Waals surface area contributed by atoms with Crippen molar-refractivity contribution in [3.63, 3.8) is 0 Å². The summed E-state index contributed by atoms with van der Waals surface area (Å²) in [6.07, 6.45) is 1.91. The van der Waals surface area contributed by atoms with Gasteiger partial charge in [-0.15, -0.1) is 0 Å². The summed E-state index contributed by atoms with van der Waals surface area (Å²) in [7, 11) is -5.78. The number of rotatable bonds is 10. The summed E-state index contributed by atoms with van der Waals surface area (Å²) in [4.78, 5) is 11.9. The van der Waals surface area contributed by atoms with Gasteiger partial charge in [0.25, 0.3) is 0 Å². The molecule has 2 fully saturated rings. The van der Waals surface area contributed by atoms with Gasteiger partial charge in [0.2, 0.25) is 0 Å². The highest BCUT2D eigenvalue weighted by molar-refractivity contribution is 7.87. The minimum absolute atomic E-state index is 0.175. The molecule has 0 unspecified atom stereocenters. The van der Waals surface area contributed by atoms with E-state index in [1.807, 2.05) is 0 Å². The number of halogens is 3. The number of aliphatic hydroxyl groups excluding tert-OH is 1. The standard InChI is InChI=1S/C22H35F3O8S/c1-14(15(2)33-34(28,29)22(23,24)25)11-16-8-9-18-21(13-26,32-16)12-17(31-18)7-6-10-30-19(27)20(3,4)5/h14,16-18,26H,2,6-13H2,1,3-5H3/t14-,16-,17+,18+,21-/m1/s1. The molecule has 2 heterocycles. The average Bonchev–Trinajstić information content (AvgIpc) is 3.07. The minimum Gasteiger partial charge on any atom is -0.465 e. The zero-order valence-electron chi connectivity index (χ0n) is 20.0. The number of ether oxygens (including phenoxy) is 3. The molecule has 2 aliphatic rings. The highest BCUT2D eigenvalue weighted by Gasteiger charge is 2.53. The van der Waals surface area contributed by atoms with Gasteiger partial charge in [-0.2, -0.15) is 21.6 Å². The van der Waals surface area contributed by atoms with Crippen molar-refractivity contribution >= 4 is 16.1 Å². The fourth-order valence-electron chi connectivity index (χ4n) is 4.13. The van der Waals surface area contributed by atoms with Gasteiger partial charge in [0.15, 0.2) is 0 Å². The number of alkyl halides is 3. The summed E-state index contributed by atoms with van der Waals surface area (Å²) in [5, 5.41) is 10.1. The Labute approximate surface area is 198 Å². The van der Waals surface area contributed by atoms with E-state index in [1.165, 1.54) is 6.92 Å². The Bertz CT molecular complexity index is 836. The fraction of sp³-hybridized carbons (Fsp3) is 0.864. The molecule has 198 valence electrons. The van der Waals surface area contributed by atoms with Crippen LogP contribution in [-0.2, 0) is 33.3 Å². The number of fused-ring (bicyclic) bond motifs is 1. The third-order valence-corrected chi connectivity index (χ3v) is 7.12. The summed E-state index contributed by atoms with van der Waals surface area (Å²) < 4.78 is 81.7. The first-order valence-corrected chi connectivity index (χ1v) is 12.7. The van der Waals surface area contributed by atoms with E-state index in [4.69, 9.17) is 14.2 Å². The molecule has 0 saturated carbocycles. The quantitative estimate of drug-likeness (QED) is 0.153. The van der Waals surface area contributed by atoms with Crippen LogP contribution in [0.25, 0.3) is 0 Å². The lowest BCUT2D eigenvalue weighted by atomic mass is 9.85. The monoisotopic (exact) mass is 516 g/mol. The first-order valence-electron chi connectivity index (χ1n) is 11.3. The molecule has 5 atom stereocenters. The van der Waals surface area contributed by atoms with E-state index in [1.54, 1.807) is 20.8 Å². The van der Waals surface area contributed by atoms with Gasteiger partial charge in [-0.3, -0.25) is 4.79 Å². The molecule has 0 aromatic rings. The number of hydrogen-bond donors (Lipinski definition) is 1. The van der Waals surface area contributed by atoms with Crippen molar-refractivity contribution in [1.29, 1.82) is 0 Å². The lowest BCUT2D eigenvalue weighted by Gasteiger charge is -2.41. The molecule has 0 amide bonds. The Kier molecular flexibility index (Phi) is 9.10. The van der Waals surface area contributed by atoms with E-state index >= 15 is 0 Å². The van der Waals surface area contributed by atoms with Gasteiger partial charge >= 0.3 is 21.6 Å². The van der Waals surface area contributed by atoms with Crippen LogP contribution in [0.1, 0.15) is 66.2 Å². The molecule has 1 N–H and O–H groups in total. The fourth-order valence-corrected chi connectivity index (χ4v) is 4.67. The SMILES string of the molecule is C=C(OS(=O)(=O)C(F)(F)F)[C@H](C)C[C@H]1CC[C@@H]2O[C@@H](CCCOC(=O)C(C)(C)C)C[C@]2(CO)O1. The molecule has 2 aliphatic heterocycles. The molecule has 0 spiro atoms. The first kappa shape index (κ1) is 28.9. The molecule has 0 aromatic carbocycles. The minimum atomic E-state index is -5.78. The summed E-state index contributed by atoms with van der Waals surface area (Å²) in [6.45, 7) is 10.1. The normalized spacial score (nSPS) is 28.8. The number of allylic oxidation sites excluding steroid dienone is 1. The second kappa shape index (κ2) is 10.7. The molecule has 0 bridgehead atoms. The van der Waals surface area contributed by atoms with Crippen LogP contribution in [0.15, 0.2) is 12.3 Å². The Morgan fingerprint density at radius 3 is 2.44 bits per heavy atom. The van der Waals surface area contributed by atoms with Crippen LogP contribution in [0.2, 0.25) is 0 Å². The summed E-state index contributed by atoms with van der Waals surface area (Å²) in [5.74, 6) is -1.54. The first-order chi connectivity index (χ1) is 15.5. The van der Waals surface area contributed by atoms with Gasteiger partial charge < -0.3 is 23.5 Å². The van der Waals surface area contributed by atoms with Crippen molar-refractivity contribution in [3.05, 3.63) is 12.3 Å². The maximum atomic E-state index is 12.6. The second-order valence-electron chi connectivity index (χ2n) is 10.1. The van der Waals surface area contributed by atoms with Gasteiger partial charge in [0, 0.05) is 12.3 Å². The van der Waals surface area contributed by atoms with Crippen LogP contribution in [-0.4, -0.2) is 62.1 Å². The predicted molar refractivity (Wildman–Crippen MR) is 116 cm³/mol. The van der Waals surface area contributed by atoms with E-state index in [9.17, 15) is 31.5 Å². The van der Waals surface area contributed by atoms with Crippen molar-refractivity contribution in [3.8, 4) is 0 Å². The van der Waals surface area contributed by atoms with Crippen molar-refractivity contribution in [2.24, 2.45) is 11.3 Å². The molecular weight excluding hydrogens is 481 g/mol. The topological polar surface area (TPSA) is 108 Å². The number of esters is 1. The van der Waals surface area contributed by atoms with Crippen molar-refractivity contribution in [2.45, 2.75) is 95.6 Å². The molecular formula is C22H35F3O8S. The summed E-state index contributed by atoms with van der Waals surface area (Å²) in [5.41, 5.74) is -7.06. The van der Waals surface area contributed by atoms with Crippen molar-refractivity contribution < 1.29 is 49.9 Å². The Hall–Kier alpha value is -1.37. The summed E-state index contributed by atoms with van der Waals surface area (Å²) >= 11 is 0. The van der Waals surface area contributed by atoms with Crippen LogP contribution in [0.4, 0.5) is 13.2 Å². The van der Waals surface area contributed by atoms with E-state index in [0.29, 0.717) is 32.1 Å². The number of hydrogen-bond acceptors (Lipinski definition) is 8. The lowest BCUT2D eigenvalue weighted by molar-refractivity contribution is -0.185. The van der Waals surface area contributed by atoms with Crippen LogP contribution >= 0.6 is 0 Å². The van der Waals surface area contributed by atoms with Gasteiger partial charge in [-0.25, -0.2) is 0 Å². The van der Waals surface area contributed by atoms with Gasteiger partial charge in [-0.05, 0) is 52.9 Å². The Morgan fingerprint density at radius 1 is 1.24 bits per heavy atom. The maximum Gasteiger partial charge on any atom is 0.534 e. The van der Waals surface area contributed by atoms with E-state index in [2.05, 4.69) is 10.8 Å². The highest BCUT2D eigenvalue weighted by Crippen LogP contribution is 2.44. The van der Waals surface area contributed by atoms with Crippen molar-refractivity contribution in [2.75, 3.05) is 13.2 Å². The average molecular weight is 517 g/mol. The van der Waals surface area contributed by atoms with Gasteiger partial charge in [-0.1, -0.05) is 13.5 Å². The Balaban J connectivity index is 1.88. The largest absolute Gasteiger partial charge is 0.534 e.